The van der Waals surface area contributed by atoms with Crippen LogP contribution in [0.2, 0.25) is 0 Å². The molecule has 0 bridgehead atoms. The van der Waals surface area contributed by atoms with Crippen LogP contribution < -0.4 is 5.73 Å². The first-order valence-corrected chi connectivity index (χ1v) is 6.06. The first-order valence-electron chi connectivity index (χ1n) is 6.06. The minimum Gasteiger partial charge on any atom is -0.396 e. The van der Waals surface area contributed by atoms with E-state index in [0.29, 0.717) is 6.04 Å². The molecule has 2 N–H and O–H groups in total. The van der Waals surface area contributed by atoms with Crippen molar-refractivity contribution in [3.8, 4) is 0 Å². The molecule has 3 heterocycles. The fourth-order valence-electron chi connectivity index (χ4n) is 2.47. The summed E-state index contributed by atoms with van der Waals surface area (Å²) >= 11 is 0. The second-order valence-electron chi connectivity index (χ2n) is 4.63. The van der Waals surface area contributed by atoms with Gasteiger partial charge in [-0.2, -0.15) is 5.10 Å². The van der Waals surface area contributed by atoms with Crippen LogP contribution in [0.25, 0.3) is 0 Å². The molecule has 1 aromatic heterocycles. The van der Waals surface area contributed by atoms with E-state index in [-0.39, 0.29) is 6.29 Å². The largest absolute Gasteiger partial charge is 0.396 e. The maximum absolute atomic E-state index is 5.68. The Morgan fingerprint density at radius 3 is 2.94 bits per heavy atom. The Morgan fingerprint density at radius 2 is 2.24 bits per heavy atom. The molecule has 0 saturated carbocycles. The van der Waals surface area contributed by atoms with Crippen molar-refractivity contribution in [2.45, 2.75) is 18.8 Å². The lowest BCUT2D eigenvalue weighted by molar-refractivity contribution is -0.0589. The zero-order valence-electron chi connectivity index (χ0n) is 9.79. The molecule has 0 spiro atoms. The molecule has 0 radical (unpaired) electrons. The topological polar surface area (TPSA) is 65.5 Å². The van der Waals surface area contributed by atoms with Crippen LogP contribution in [0, 0.1) is 0 Å². The number of nitrogen functional groups attached to an aromatic ring is 1. The fourth-order valence-corrected chi connectivity index (χ4v) is 2.47. The van der Waals surface area contributed by atoms with E-state index in [9.17, 15) is 0 Å². The number of hydrogen-bond acceptors (Lipinski definition) is 5. The van der Waals surface area contributed by atoms with E-state index in [0.717, 1.165) is 45.0 Å². The zero-order chi connectivity index (χ0) is 11.7. The summed E-state index contributed by atoms with van der Waals surface area (Å²) in [5, 5.41) is 4.27. The minimum absolute atomic E-state index is 0.0450. The smallest absolute Gasteiger partial charge is 0.170 e. The number of anilines is 1. The Labute approximate surface area is 100 Å². The van der Waals surface area contributed by atoms with Gasteiger partial charge in [-0.15, -0.1) is 0 Å². The number of aromatic nitrogens is 2. The Hall–Kier alpha value is -1.11. The molecule has 2 saturated heterocycles. The third-order valence-electron chi connectivity index (χ3n) is 3.34. The van der Waals surface area contributed by atoms with Gasteiger partial charge in [-0.1, -0.05) is 0 Å². The van der Waals surface area contributed by atoms with Crippen molar-refractivity contribution in [1.82, 2.24) is 14.7 Å². The van der Waals surface area contributed by atoms with Crippen molar-refractivity contribution < 1.29 is 9.47 Å². The molecule has 6 nitrogen and oxygen atoms in total. The first-order chi connectivity index (χ1) is 8.31. The molecule has 3 rings (SSSR count). The molecule has 94 valence electrons. The lowest BCUT2D eigenvalue weighted by Crippen LogP contribution is -2.31. The lowest BCUT2D eigenvalue weighted by atomic mass is 10.3. The predicted molar refractivity (Wildman–Crippen MR) is 62.4 cm³/mol. The molecule has 2 fully saturated rings. The normalized spacial score (nSPS) is 26.9. The average Bonchev–Trinajstić information content (AvgIpc) is 2.99. The van der Waals surface area contributed by atoms with Gasteiger partial charge in [0.05, 0.1) is 31.1 Å². The third-order valence-corrected chi connectivity index (χ3v) is 3.34. The van der Waals surface area contributed by atoms with Crippen molar-refractivity contribution in [2.75, 3.05) is 38.6 Å². The van der Waals surface area contributed by atoms with Crippen LogP contribution in [0.15, 0.2) is 12.4 Å². The summed E-state index contributed by atoms with van der Waals surface area (Å²) in [7, 11) is 0. The van der Waals surface area contributed by atoms with E-state index in [4.69, 9.17) is 15.2 Å². The molecular weight excluding hydrogens is 220 g/mol. The minimum atomic E-state index is -0.0450. The highest BCUT2D eigenvalue weighted by Gasteiger charge is 2.28. The molecular formula is C11H18N4O2. The van der Waals surface area contributed by atoms with Crippen LogP contribution in [0.4, 0.5) is 5.69 Å². The van der Waals surface area contributed by atoms with Gasteiger partial charge < -0.3 is 15.2 Å². The Kier molecular flexibility index (Phi) is 3.00. The van der Waals surface area contributed by atoms with Crippen molar-refractivity contribution in [3.05, 3.63) is 12.4 Å². The van der Waals surface area contributed by atoms with Gasteiger partial charge in [0.1, 0.15) is 0 Å². The maximum atomic E-state index is 5.68. The van der Waals surface area contributed by atoms with E-state index in [2.05, 4.69) is 10.00 Å². The van der Waals surface area contributed by atoms with E-state index >= 15 is 0 Å². The number of rotatable bonds is 3. The second-order valence-corrected chi connectivity index (χ2v) is 4.63. The maximum Gasteiger partial charge on any atom is 0.170 e. The highest BCUT2D eigenvalue weighted by Crippen LogP contribution is 2.22. The number of nitrogens with two attached hydrogens (primary N) is 1. The Morgan fingerprint density at radius 1 is 1.41 bits per heavy atom. The highest BCUT2D eigenvalue weighted by atomic mass is 16.7. The lowest BCUT2D eigenvalue weighted by Gasteiger charge is -2.19. The molecule has 17 heavy (non-hydrogen) atoms. The standard InChI is InChI=1S/C11H18N4O2/c12-9-5-13-15(6-9)10-1-2-14(7-10)8-11-16-3-4-17-11/h5-6,10-11H,1-4,7-8,12H2. The number of hydrogen-bond donors (Lipinski definition) is 1. The summed E-state index contributed by atoms with van der Waals surface area (Å²) in [6.45, 7) is 4.35. The highest BCUT2D eigenvalue weighted by molar-refractivity contribution is 5.30. The average molecular weight is 238 g/mol. The van der Waals surface area contributed by atoms with Crippen molar-refractivity contribution in [1.29, 1.82) is 0 Å². The van der Waals surface area contributed by atoms with E-state index in [1.54, 1.807) is 6.20 Å². The number of likely N-dealkylation sites (tertiary alicyclic amines) is 1. The molecule has 0 amide bonds. The monoisotopic (exact) mass is 238 g/mol. The fraction of sp³-hybridized carbons (Fsp3) is 0.727. The first kappa shape index (κ1) is 11.0. The van der Waals surface area contributed by atoms with Gasteiger partial charge in [-0.05, 0) is 6.42 Å². The van der Waals surface area contributed by atoms with Gasteiger partial charge in [-0.25, -0.2) is 0 Å². The van der Waals surface area contributed by atoms with E-state index in [1.807, 2.05) is 10.9 Å². The predicted octanol–water partition coefficient (Wildman–Crippen LogP) is 0.0850. The number of ether oxygens (including phenoxy) is 2. The summed E-state index contributed by atoms with van der Waals surface area (Å²) in [6.07, 6.45) is 4.66. The Balaban J connectivity index is 1.54. The molecule has 1 unspecified atom stereocenters. The third kappa shape index (κ3) is 2.43. The van der Waals surface area contributed by atoms with Gasteiger partial charge in [0.2, 0.25) is 0 Å². The van der Waals surface area contributed by atoms with Crippen LogP contribution in [0.1, 0.15) is 12.5 Å². The SMILES string of the molecule is Nc1cnn(C2CCN(CC3OCCO3)C2)c1. The van der Waals surface area contributed by atoms with Gasteiger partial charge in [0, 0.05) is 25.8 Å². The summed E-state index contributed by atoms with van der Waals surface area (Å²) < 4.78 is 12.9. The van der Waals surface area contributed by atoms with Gasteiger partial charge in [-0.3, -0.25) is 9.58 Å². The van der Waals surface area contributed by atoms with Crippen LogP contribution in [-0.2, 0) is 9.47 Å². The van der Waals surface area contributed by atoms with Gasteiger partial charge in [0.15, 0.2) is 6.29 Å². The molecule has 0 aliphatic carbocycles. The summed E-state index contributed by atoms with van der Waals surface area (Å²) in [5.74, 6) is 0. The Bertz CT molecular complexity index is 375. The molecule has 1 aromatic rings. The summed E-state index contributed by atoms with van der Waals surface area (Å²) in [6, 6.07) is 0.425. The molecule has 0 aromatic carbocycles. The summed E-state index contributed by atoms with van der Waals surface area (Å²) in [4.78, 5) is 2.36. The van der Waals surface area contributed by atoms with Crippen molar-refractivity contribution >= 4 is 5.69 Å². The van der Waals surface area contributed by atoms with Gasteiger partial charge >= 0.3 is 0 Å². The summed E-state index contributed by atoms with van der Waals surface area (Å²) in [5.41, 5.74) is 6.40. The molecule has 1 atom stereocenters. The van der Waals surface area contributed by atoms with Crippen LogP contribution in [0.3, 0.4) is 0 Å². The number of nitrogens with zero attached hydrogens (tertiary/aromatic N) is 3. The van der Waals surface area contributed by atoms with Crippen LogP contribution in [-0.4, -0.2) is 53.8 Å². The van der Waals surface area contributed by atoms with Crippen LogP contribution >= 0.6 is 0 Å². The second kappa shape index (κ2) is 4.64. The molecule has 2 aliphatic rings. The molecule has 2 aliphatic heterocycles. The van der Waals surface area contributed by atoms with E-state index in [1.165, 1.54) is 0 Å². The van der Waals surface area contributed by atoms with Crippen molar-refractivity contribution in [2.24, 2.45) is 0 Å². The van der Waals surface area contributed by atoms with Crippen LogP contribution in [0.5, 0.6) is 0 Å². The van der Waals surface area contributed by atoms with Crippen molar-refractivity contribution in [3.63, 3.8) is 0 Å². The van der Waals surface area contributed by atoms with E-state index < -0.39 is 0 Å². The molecule has 6 heteroatoms. The quantitative estimate of drug-likeness (QED) is 0.808. The van der Waals surface area contributed by atoms with Gasteiger partial charge in [0.25, 0.3) is 0 Å². The zero-order valence-corrected chi connectivity index (χ0v) is 9.79.